The number of benzene rings is 1. The van der Waals surface area contributed by atoms with Crippen molar-refractivity contribution in [3.63, 3.8) is 0 Å². The molecule has 5 heteroatoms. The molecule has 128 valence electrons. The van der Waals surface area contributed by atoms with Crippen molar-refractivity contribution in [1.82, 2.24) is 9.80 Å². The number of rotatable bonds is 3. The molecule has 24 heavy (non-hydrogen) atoms. The van der Waals surface area contributed by atoms with Crippen LogP contribution in [0.5, 0.6) is 0 Å². The molecule has 2 fully saturated rings. The Morgan fingerprint density at radius 3 is 2.92 bits per heavy atom. The van der Waals surface area contributed by atoms with Crippen LogP contribution in [0.25, 0.3) is 0 Å². The lowest BCUT2D eigenvalue weighted by atomic mass is 9.85. The minimum atomic E-state index is -0.478. The molecule has 4 nitrogen and oxygen atoms in total. The number of likely N-dealkylation sites (N-methyl/N-ethyl adjacent to an activating group) is 1. The Kier molecular flexibility index (Phi) is 3.92. The van der Waals surface area contributed by atoms with E-state index in [2.05, 4.69) is 17.9 Å². The van der Waals surface area contributed by atoms with Crippen molar-refractivity contribution < 1.29 is 4.79 Å². The van der Waals surface area contributed by atoms with E-state index in [1.165, 1.54) is 5.56 Å². The number of fused-ring (bicyclic) bond motifs is 2. The molecule has 0 aromatic heterocycles. The quantitative estimate of drug-likeness (QED) is 0.843. The van der Waals surface area contributed by atoms with Gasteiger partial charge < -0.3 is 4.90 Å². The molecule has 1 aliphatic carbocycles. The second-order valence-corrected chi connectivity index (χ2v) is 7.84. The first kappa shape index (κ1) is 16.1. The summed E-state index contributed by atoms with van der Waals surface area (Å²) in [6.07, 6.45) is 2.85. The lowest BCUT2D eigenvalue weighted by Gasteiger charge is -2.27. The fraction of sp³-hybridized carbons (Fsp3) is 0.579. The highest BCUT2D eigenvalue weighted by molar-refractivity contribution is 6.30. The van der Waals surface area contributed by atoms with Crippen LogP contribution in [0.1, 0.15) is 31.7 Å². The summed E-state index contributed by atoms with van der Waals surface area (Å²) in [6.45, 7) is 5.00. The summed E-state index contributed by atoms with van der Waals surface area (Å²) >= 11 is 6.11. The number of nitrogens with zero attached hydrogens (tertiary/aromatic N) is 3. The summed E-state index contributed by atoms with van der Waals surface area (Å²) in [5, 5.41) is 0.785. The van der Waals surface area contributed by atoms with Gasteiger partial charge in [-0.15, -0.1) is 0 Å². The van der Waals surface area contributed by atoms with Crippen molar-refractivity contribution in [2.24, 2.45) is 16.8 Å². The fourth-order valence-electron chi connectivity index (χ4n) is 4.89. The molecule has 2 aliphatic heterocycles. The minimum absolute atomic E-state index is 0.219. The summed E-state index contributed by atoms with van der Waals surface area (Å²) in [5.74, 6) is 2.11. The second kappa shape index (κ2) is 5.85. The van der Waals surface area contributed by atoms with Crippen molar-refractivity contribution in [1.29, 1.82) is 0 Å². The number of amides is 1. The van der Waals surface area contributed by atoms with Crippen LogP contribution in [0.15, 0.2) is 29.3 Å². The van der Waals surface area contributed by atoms with Gasteiger partial charge in [0.1, 0.15) is 11.4 Å². The van der Waals surface area contributed by atoms with Crippen molar-refractivity contribution in [3.05, 3.63) is 34.9 Å². The van der Waals surface area contributed by atoms with Gasteiger partial charge >= 0.3 is 0 Å². The maximum absolute atomic E-state index is 12.9. The van der Waals surface area contributed by atoms with Crippen molar-refractivity contribution >= 4 is 23.3 Å². The van der Waals surface area contributed by atoms with E-state index in [-0.39, 0.29) is 5.91 Å². The minimum Gasteiger partial charge on any atom is -0.302 e. The van der Waals surface area contributed by atoms with Gasteiger partial charge in [-0.25, -0.2) is 0 Å². The van der Waals surface area contributed by atoms with Gasteiger partial charge in [0, 0.05) is 44.0 Å². The van der Waals surface area contributed by atoms with E-state index < -0.39 is 5.54 Å². The third-order valence-electron chi connectivity index (χ3n) is 6.03. The first-order chi connectivity index (χ1) is 11.5. The first-order valence-electron chi connectivity index (χ1n) is 8.87. The molecule has 0 radical (unpaired) electrons. The molecule has 1 saturated carbocycles. The number of aliphatic imine (C=N–C) groups is 1. The third kappa shape index (κ3) is 2.39. The molecule has 1 saturated heterocycles. The molecular formula is C19H24ClN3O. The van der Waals surface area contributed by atoms with Gasteiger partial charge in [0.25, 0.3) is 5.91 Å². The van der Waals surface area contributed by atoms with E-state index in [1.54, 1.807) is 4.90 Å². The number of carbonyl (C=O) groups excluding carboxylic acids is 1. The average Bonchev–Trinajstić information content (AvgIpc) is 3.17. The zero-order chi connectivity index (χ0) is 16.9. The highest BCUT2D eigenvalue weighted by atomic mass is 35.5. The molecule has 1 spiro atoms. The van der Waals surface area contributed by atoms with Gasteiger partial charge in [0.05, 0.1) is 0 Å². The summed E-state index contributed by atoms with van der Waals surface area (Å²) in [7, 11) is 1.88. The SMILES string of the molecule is CCC1=N[C@@]2(CC[C@@H]3CN(Cc4cccc(Cl)c4)C[C@@H]32)C(=O)N1C. The molecule has 3 aliphatic rings. The highest BCUT2D eigenvalue weighted by Gasteiger charge is 2.60. The molecular weight excluding hydrogens is 322 g/mol. The van der Waals surface area contributed by atoms with Gasteiger partial charge in [-0.2, -0.15) is 0 Å². The van der Waals surface area contributed by atoms with Crippen LogP contribution < -0.4 is 0 Å². The Labute approximate surface area is 148 Å². The fourth-order valence-corrected chi connectivity index (χ4v) is 5.10. The van der Waals surface area contributed by atoms with E-state index in [0.717, 1.165) is 49.8 Å². The van der Waals surface area contributed by atoms with Crippen molar-refractivity contribution in [2.45, 2.75) is 38.3 Å². The summed E-state index contributed by atoms with van der Waals surface area (Å²) in [4.78, 5) is 22.1. The van der Waals surface area contributed by atoms with Gasteiger partial charge in [0.15, 0.2) is 0 Å². The van der Waals surface area contributed by atoms with Crippen LogP contribution in [-0.2, 0) is 11.3 Å². The van der Waals surface area contributed by atoms with E-state index >= 15 is 0 Å². The molecule has 1 aromatic carbocycles. The summed E-state index contributed by atoms with van der Waals surface area (Å²) < 4.78 is 0. The lowest BCUT2D eigenvalue weighted by molar-refractivity contribution is -0.131. The molecule has 4 rings (SSSR count). The van der Waals surface area contributed by atoms with E-state index in [0.29, 0.717) is 11.8 Å². The van der Waals surface area contributed by atoms with Crippen LogP contribution in [-0.4, -0.2) is 47.2 Å². The Balaban J connectivity index is 1.54. The lowest BCUT2D eigenvalue weighted by Crippen LogP contribution is -2.45. The number of carbonyl (C=O) groups is 1. The largest absolute Gasteiger partial charge is 0.302 e. The number of hydrogen-bond donors (Lipinski definition) is 0. The number of hydrogen-bond acceptors (Lipinski definition) is 3. The molecule has 1 amide bonds. The monoisotopic (exact) mass is 345 g/mol. The third-order valence-corrected chi connectivity index (χ3v) is 6.26. The van der Waals surface area contributed by atoms with Crippen LogP contribution in [0, 0.1) is 11.8 Å². The standard InChI is InChI=1S/C19H24ClN3O/c1-3-17-21-19(18(24)22(17)2)8-7-14-11-23(12-16(14)19)10-13-5-4-6-15(20)9-13/h4-6,9,14,16H,3,7-8,10-12H2,1-2H3/t14-,16+,19-/m1/s1. The van der Waals surface area contributed by atoms with Crippen LogP contribution in [0.3, 0.4) is 0 Å². The first-order valence-corrected chi connectivity index (χ1v) is 9.25. The number of halogens is 1. The van der Waals surface area contributed by atoms with Crippen LogP contribution in [0.4, 0.5) is 0 Å². The molecule has 0 unspecified atom stereocenters. The van der Waals surface area contributed by atoms with Gasteiger partial charge in [-0.1, -0.05) is 30.7 Å². The molecule has 1 aromatic rings. The average molecular weight is 346 g/mol. The molecule has 0 bridgehead atoms. The summed E-state index contributed by atoms with van der Waals surface area (Å²) in [6, 6.07) is 8.07. The van der Waals surface area contributed by atoms with Crippen molar-refractivity contribution in [3.8, 4) is 0 Å². The predicted molar refractivity (Wildman–Crippen MR) is 96.2 cm³/mol. The van der Waals surface area contributed by atoms with Gasteiger partial charge in [-0.3, -0.25) is 14.7 Å². The summed E-state index contributed by atoms with van der Waals surface area (Å²) in [5.41, 5.74) is 0.762. The molecule has 3 atom stereocenters. The zero-order valence-electron chi connectivity index (χ0n) is 14.3. The zero-order valence-corrected chi connectivity index (χ0v) is 15.1. The van der Waals surface area contributed by atoms with E-state index in [4.69, 9.17) is 16.6 Å². The Morgan fingerprint density at radius 2 is 2.21 bits per heavy atom. The normalized spacial score (nSPS) is 32.7. The topological polar surface area (TPSA) is 35.9 Å². The van der Waals surface area contributed by atoms with E-state index in [9.17, 15) is 4.79 Å². The Bertz CT molecular complexity index is 704. The predicted octanol–water partition coefficient (Wildman–Crippen LogP) is 3.20. The second-order valence-electron chi connectivity index (χ2n) is 7.40. The molecule has 2 heterocycles. The van der Waals surface area contributed by atoms with Crippen LogP contribution >= 0.6 is 11.6 Å². The maximum Gasteiger partial charge on any atom is 0.255 e. The van der Waals surface area contributed by atoms with Gasteiger partial charge in [-0.05, 0) is 36.5 Å². The van der Waals surface area contributed by atoms with E-state index in [1.807, 2.05) is 25.2 Å². The number of likely N-dealkylation sites (tertiary alicyclic amines) is 1. The van der Waals surface area contributed by atoms with Crippen molar-refractivity contribution in [2.75, 3.05) is 20.1 Å². The molecule has 0 N–H and O–H groups in total. The smallest absolute Gasteiger partial charge is 0.255 e. The number of amidine groups is 1. The van der Waals surface area contributed by atoms with Gasteiger partial charge in [0.2, 0.25) is 0 Å². The Hall–Kier alpha value is -1.39. The highest BCUT2D eigenvalue weighted by Crippen LogP contribution is 2.50. The maximum atomic E-state index is 12.9. The Morgan fingerprint density at radius 1 is 1.38 bits per heavy atom. The van der Waals surface area contributed by atoms with Crippen LogP contribution in [0.2, 0.25) is 5.02 Å².